The summed E-state index contributed by atoms with van der Waals surface area (Å²) in [6, 6.07) is 3.44. The smallest absolute Gasteiger partial charge is 0.375 e. The van der Waals surface area contributed by atoms with Gasteiger partial charge in [-0.3, -0.25) is 9.78 Å². The Morgan fingerprint density at radius 1 is 1.53 bits per heavy atom. The van der Waals surface area contributed by atoms with Gasteiger partial charge in [0, 0.05) is 16.4 Å². The molecule has 1 heterocycles. The summed E-state index contributed by atoms with van der Waals surface area (Å²) in [7, 11) is 0. The topological polar surface area (TPSA) is 56.3 Å². The third-order valence-corrected chi connectivity index (χ3v) is 2.12. The van der Waals surface area contributed by atoms with Crippen LogP contribution in [0.15, 0.2) is 22.8 Å². The van der Waals surface area contributed by atoms with E-state index in [1.807, 2.05) is 0 Å². The van der Waals surface area contributed by atoms with Crippen LogP contribution in [-0.4, -0.2) is 23.3 Å². The van der Waals surface area contributed by atoms with Crippen LogP contribution in [0.2, 0.25) is 0 Å². The number of esters is 1. The maximum Gasteiger partial charge on any atom is 0.375 e. The van der Waals surface area contributed by atoms with Gasteiger partial charge in [-0.1, -0.05) is 15.9 Å². The molecule has 0 aliphatic rings. The maximum atomic E-state index is 11.3. The first-order valence-corrected chi connectivity index (χ1v) is 5.23. The fourth-order valence-corrected chi connectivity index (χ4v) is 1.38. The molecule has 0 aliphatic carbocycles. The van der Waals surface area contributed by atoms with Gasteiger partial charge in [0.15, 0.2) is 0 Å². The van der Waals surface area contributed by atoms with Crippen LogP contribution in [0.25, 0.3) is 0 Å². The summed E-state index contributed by atoms with van der Waals surface area (Å²) in [5.41, 5.74) is 0.544. The number of halogens is 1. The highest BCUT2D eigenvalue weighted by atomic mass is 79.9. The molecule has 0 radical (unpaired) electrons. The Hall–Kier alpha value is -1.23. The molecule has 0 N–H and O–H groups in total. The molecule has 0 fully saturated rings. The molecule has 0 aliphatic heterocycles. The zero-order chi connectivity index (χ0) is 11.3. The average Bonchev–Trinajstić information content (AvgIpc) is 2.18. The van der Waals surface area contributed by atoms with Crippen molar-refractivity contribution in [1.29, 1.82) is 0 Å². The highest BCUT2D eigenvalue weighted by Crippen LogP contribution is 2.09. The summed E-state index contributed by atoms with van der Waals surface area (Å²) >= 11 is 3.25. The summed E-state index contributed by atoms with van der Waals surface area (Å²) in [6.07, 6.45) is 1.54. The fourth-order valence-electron chi connectivity index (χ4n) is 0.994. The van der Waals surface area contributed by atoms with Crippen molar-refractivity contribution in [2.75, 3.05) is 6.61 Å². The number of carbonyl (C=O) groups excluding carboxylic acids is 2. The Kier molecular flexibility index (Phi) is 4.42. The summed E-state index contributed by atoms with van der Waals surface area (Å²) in [5, 5.41) is 0. The third kappa shape index (κ3) is 3.79. The van der Waals surface area contributed by atoms with Gasteiger partial charge < -0.3 is 4.74 Å². The molecule has 1 rings (SSSR count). The number of ketones is 1. The van der Waals surface area contributed by atoms with E-state index in [1.165, 1.54) is 0 Å². The van der Waals surface area contributed by atoms with Gasteiger partial charge in [-0.05, 0) is 19.1 Å². The lowest BCUT2D eigenvalue weighted by atomic mass is 10.2. The molecule has 0 atom stereocenters. The van der Waals surface area contributed by atoms with Gasteiger partial charge in [0.25, 0.3) is 0 Å². The van der Waals surface area contributed by atoms with Crippen molar-refractivity contribution in [1.82, 2.24) is 4.98 Å². The van der Waals surface area contributed by atoms with Crippen molar-refractivity contribution in [2.45, 2.75) is 13.3 Å². The predicted octanol–water partition coefficient (Wildman–Crippen LogP) is 1.52. The van der Waals surface area contributed by atoms with Gasteiger partial charge in [-0.25, -0.2) is 4.79 Å². The Bertz CT molecular complexity index is 379. The van der Waals surface area contributed by atoms with Crippen LogP contribution in [0.3, 0.4) is 0 Å². The quantitative estimate of drug-likeness (QED) is 0.616. The Balaban J connectivity index is 2.62. The van der Waals surface area contributed by atoms with Crippen LogP contribution in [0.5, 0.6) is 0 Å². The number of hydrogen-bond acceptors (Lipinski definition) is 4. The van der Waals surface area contributed by atoms with Crippen molar-refractivity contribution < 1.29 is 14.3 Å². The van der Waals surface area contributed by atoms with E-state index in [0.717, 1.165) is 4.47 Å². The molecule has 0 saturated heterocycles. The van der Waals surface area contributed by atoms with Crippen LogP contribution in [0, 0.1) is 0 Å². The molecule has 0 saturated carbocycles. The minimum atomic E-state index is -0.806. The second kappa shape index (κ2) is 5.60. The maximum absolute atomic E-state index is 11.3. The van der Waals surface area contributed by atoms with E-state index >= 15 is 0 Å². The Morgan fingerprint density at radius 3 is 2.87 bits per heavy atom. The molecular formula is C10H10BrNO3. The van der Waals surface area contributed by atoms with Crippen molar-refractivity contribution in [2.24, 2.45) is 0 Å². The number of aromatic nitrogens is 1. The molecule has 0 amide bonds. The molecule has 80 valence electrons. The molecule has 1 aromatic rings. The Labute approximate surface area is 95.8 Å². The number of ether oxygens (including phenoxy) is 1. The zero-order valence-electron chi connectivity index (χ0n) is 8.20. The third-order valence-electron chi connectivity index (χ3n) is 1.62. The predicted molar refractivity (Wildman–Crippen MR) is 57.3 cm³/mol. The van der Waals surface area contributed by atoms with Gasteiger partial charge in [0.2, 0.25) is 5.78 Å². The average molecular weight is 272 g/mol. The highest BCUT2D eigenvalue weighted by molar-refractivity contribution is 9.10. The van der Waals surface area contributed by atoms with Gasteiger partial charge in [0.05, 0.1) is 13.0 Å². The normalized spacial score (nSPS) is 9.73. The van der Waals surface area contributed by atoms with Gasteiger partial charge in [0.1, 0.15) is 0 Å². The van der Waals surface area contributed by atoms with E-state index < -0.39 is 11.8 Å². The lowest BCUT2D eigenvalue weighted by molar-refractivity contribution is -0.153. The van der Waals surface area contributed by atoms with Crippen molar-refractivity contribution >= 4 is 27.7 Å². The minimum absolute atomic E-state index is 0.0295. The number of hydrogen-bond donors (Lipinski definition) is 0. The van der Waals surface area contributed by atoms with E-state index in [9.17, 15) is 9.59 Å². The molecular weight excluding hydrogens is 262 g/mol. The van der Waals surface area contributed by atoms with E-state index in [-0.39, 0.29) is 13.0 Å². The van der Waals surface area contributed by atoms with Gasteiger partial charge in [-0.15, -0.1) is 0 Å². The number of rotatable bonds is 4. The second-order valence-corrected chi connectivity index (χ2v) is 3.70. The van der Waals surface area contributed by atoms with Crippen LogP contribution in [0.4, 0.5) is 0 Å². The van der Waals surface area contributed by atoms with Gasteiger partial charge in [-0.2, -0.15) is 0 Å². The Morgan fingerprint density at radius 2 is 2.27 bits per heavy atom. The number of nitrogens with zero attached hydrogens (tertiary/aromatic N) is 1. The number of pyridine rings is 1. The van der Waals surface area contributed by atoms with E-state index in [4.69, 9.17) is 0 Å². The van der Waals surface area contributed by atoms with Crippen molar-refractivity contribution in [3.05, 3.63) is 28.5 Å². The molecule has 5 heteroatoms. The second-order valence-electron chi connectivity index (χ2n) is 2.79. The molecule has 15 heavy (non-hydrogen) atoms. The highest BCUT2D eigenvalue weighted by Gasteiger charge is 2.15. The first kappa shape index (κ1) is 11.8. The van der Waals surface area contributed by atoms with Crippen LogP contribution >= 0.6 is 15.9 Å². The standard InChI is InChI=1S/C10H10BrNO3/c1-2-15-10(14)9(13)6-8-5-7(11)3-4-12-8/h3-5H,2,6H2,1H3. The van der Waals surface area contributed by atoms with Crippen LogP contribution in [-0.2, 0) is 20.7 Å². The van der Waals surface area contributed by atoms with Crippen molar-refractivity contribution in [3.63, 3.8) is 0 Å². The van der Waals surface area contributed by atoms with Crippen LogP contribution < -0.4 is 0 Å². The zero-order valence-corrected chi connectivity index (χ0v) is 9.78. The molecule has 1 aromatic heterocycles. The van der Waals surface area contributed by atoms with Crippen molar-refractivity contribution in [3.8, 4) is 0 Å². The molecule has 0 unspecified atom stereocenters. The van der Waals surface area contributed by atoms with Gasteiger partial charge >= 0.3 is 5.97 Å². The molecule has 0 bridgehead atoms. The fraction of sp³-hybridized carbons (Fsp3) is 0.300. The first-order valence-electron chi connectivity index (χ1n) is 4.44. The summed E-state index contributed by atoms with van der Waals surface area (Å²) in [6.45, 7) is 1.86. The lowest BCUT2D eigenvalue weighted by Gasteiger charge is -2.00. The lowest BCUT2D eigenvalue weighted by Crippen LogP contribution is -2.19. The first-order chi connectivity index (χ1) is 7.13. The number of carbonyl (C=O) groups is 2. The molecule has 0 spiro atoms. The van der Waals surface area contributed by atoms with E-state index in [1.54, 1.807) is 25.3 Å². The SMILES string of the molecule is CCOC(=O)C(=O)Cc1cc(Br)ccn1. The van der Waals surface area contributed by atoms with Crippen LogP contribution in [0.1, 0.15) is 12.6 Å². The summed E-state index contributed by atoms with van der Waals surface area (Å²) < 4.78 is 5.40. The molecule has 0 aromatic carbocycles. The summed E-state index contributed by atoms with van der Waals surface area (Å²) in [5.74, 6) is -1.39. The molecule has 4 nitrogen and oxygen atoms in total. The largest absolute Gasteiger partial charge is 0.460 e. The number of Topliss-reactive ketones (excluding diaryl/α,β-unsaturated/α-hetero) is 1. The monoisotopic (exact) mass is 271 g/mol. The van der Waals surface area contributed by atoms with E-state index in [0.29, 0.717) is 5.69 Å². The summed E-state index contributed by atoms with van der Waals surface area (Å²) in [4.78, 5) is 26.3. The van der Waals surface area contributed by atoms with E-state index in [2.05, 4.69) is 25.7 Å². The minimum Gasteiger partial charge on any atom is -0.460 e.